The molecule has 2 aliphatic rings. The molecule has 0 radical (unpaired) electrons. The number of rotatable bonds is 2. The van der Waals surface area contributed by atoms with Gasteiger partial charge >= 0.3 is 0 Å². The maximum atomic E-state index is 14.3. The Bertz CT molecular complexity index is 791. The van der Waals surface area contributed by atoms with Crippen molar-refractivity contribution in [2.45, 2.75) is 18.5 Å². The first kappa shape index (κ1) is 14.9. The van der Waals surface area contributed by atoms with Crippen LogP contribution in [0.1, 0.15) is 18.8 Å². The maximum Gasteiger partial charge on any atom is 0.287 e. The summed E-state index contributed by atoms with van der Waals surface area (Å²) in [6.45, 7) is 2.94. The van der Waals surface area contributed by atoms with Crippen LogP contribution < -0.4 is 4.90 Å². The number of carbonyl (C=O) groups excluding carboxylic acids is 1. The van der Waals surface area contributed by atoms with Gasteiger partial charge in [-0.15, -0.1) is 0 Å². The molecule has 122 valence electrons. The van der Waals surface area contributed by atoms with Gasteiger partial charge in [0, 0.05) is 17.4 Å². The minimum atomic E-state index is -1.16. The number of amides is 1. The molecule has 2 saturated heterocycles. The highest BCUT2D eigenvalue weighted by Crippen LogP contribution is 2.38. The molecular formula is C14H12F2N2O4S. The van der Waals surface area contributed by atoms with Gasteiger partial charge in [-0.05, 0) is 6.07 Å². The van der Waals surface area contributed by atoms with Crippen LogP contribution in [0, 0.1) is 11.6 Å². The molecule has 0 bridgehead atoms. The van der Waals surface area contributed by atoms with Crippen molar-refractivity contribution in [3.63, 3.8) is 0 Å². The van der Waals surface area contributed by atoms with Crippen molar-refractivity contribution in [1.82, 2.24) is 5.16 Å². The Hall–Kier alpha value is -1.71. The van der Waals surface area contributed by atoms with Gasteiger partial charge in [0.05, 0.1) is 18.6 Å². The van der Waals surface area contributed by atoms with E-state index in [0.717, 1.165) is 11.8 Å². The molecular weight excluding hydrogens is 330 g/mol. The van der Waals surface area contributed by atoms with Crippen molar-refractivity contribution < 1.29 is 27.6 Å². The van der Waals surface area contributed by atoms with Crippen LogP contribution in [0.25, 0.3) is 11.0 Å². The van der Waals surface area contributed by atoms with E-state index in [9.17, 15) is 13.6 Å². The molecule has 1 atom stereocenters. The highest BCUT2D eigenvalue weighted by molar-refractivity contribution is 8.14. The number of hydrogen-bond acceptors (Lipinski definition) is 6. The van der Waals surface area contributed by atoms with Crippen molar-refractivity contribution in [2.24, 2.45) is 0 Å². The summed E-state index contributed by atoms with van der Waals surface area (Å²) in [4.78, 5) is 13.4. The van der Waals surface area contributed by atoms with Gasteiger partial charge in [-0.25, -0.2) is 4.39 Å². The molecule has 0 aliphatic carbocycles. The van der Waals surface area contributed by atoms with E-state index in [1.165, 1.54) is 11.0 Å². The Balaban J connectivity index is 1.86. The third-order valence-corrected chi connectivity index (χ3v) is 4.72. The number of anilines is 1. The fourth-order valence-electron chi connectivity index (χ4n) is 2.70. The Morgan fingerprint density at radius 3 is 2.70 bits per heavy atom. The van der Waals surface area contributed by atoms with Gasteiger partial charge in [0.15, 0.2) is 17.9 Å². The topological polar surface area (TPSA) is 64.8 Å². The fourth-order valence-corrected chi connectivity index (χ4v) is 3.56. The predicted octanol–water partition coefficient (Wildman–Crippen LogP) is 3.21. The van der Waals surface area contributed by atoms with Crippen LogP contribution in [-0.4, -0.2) is 35.4 Å². The van der Waals surface area contributed by atoms with Crippen molar-refractivity contribution in [2.75, 3.05) is 24.7 Å². The van der Waals surface area contributed by atoms with E-state index in [4.69, 9.17) is 14.0 Å². The Morgan fingerprint density at radius 2 is 2.04 bits per heavy atom. The molecule has 1 aromatic carbocycles. The van der Waals surface area contributed by atoms with Crippen LogP contribution in [0.4, 0.5) is 19.4 Å². The largest absolute Gasteiger partial charge is 0.351 e. The summed E-state index contributed by atoms with van der Waals surface area (Å²) in [7, 11) is 0. The molecule has 0 spiro atoms. The summed E-state index contributed by atoms with van der Waals surface area (Å²) in [5, 5.41) is 3.87. The second kappa shape index (κ2) is 5.43. The van der Waals surface area contributed by atoms with Gasteiger partial charge in [0.1, 0.15) is 0 Å². The zero-order chi connectivity index (χ0) is 16.1. The zero-order valence-electron chi connectivity index (χ0n) is 12.0. The summed E-state index contributed by atoms with van der Waals surface area (Å²) in [5.74, 6) is -2.08. The van der Waals surface area contributed by atoms with Gasteiger partial charge < -0.3 is 14.0 Å². The van der Waals surface area contributed by atoms with Crippen LogP contribution >= 0.6 is 11.8 Å². The van der Waals surface area contributed by atoms with Crippen LogP contribution in [0.15, 0.2) is 10.6 Å². The zero-order valence-corrected chi connectivity index (χ0v) is 12.9. The quantitative estimate of drug-likeness (QED) is 0.835. The first-order valence-corrected chi connectivity index (χ1v) is 7.93. The van der Waals surface area contributed by atoms with Crippen molar-refractivity contribution in [1.29, 1.82) is 0 Å². The number of aromatic nitrogens is 1. The lowest BCUT2D eigenvalue weighted by Crippen LogP contribution is -2.24. The molecule has 23 heavy (non-hydrogen) atoms. The average molecular weight is 342 g/mol. The summed E-state index contributed by atoms with van der Waals surface area (Å²) in [6.07, 6.45) is -0.973. The molecule has 0 N–H and O–H groups in total. The second-order valence-electron chi connectivity index (χ2n) is 5.36. The fraction of sp³-hybridized carbons (Fsp3) is 0.429. The highest BCUT2D eigenvalue weighted by Gasteiger charge is 2.34. The van der Waals surface area contributed by atoms with Crippen molar-refractivity contribution >= 4 is 33.8 Å². The van der Waals surface area contributed by atoms with Gasteiger partial charge in [0.2, 0.25) is 11.4 Å². The van der Waals surface area contributed by atoms with E-state index < -0.39 is 17.9 Å². The minimum absolute atomic E-state index is 0.0655. The van der Waals surface area contributed by atoms with Crippen LogP contribution in [-0.2, 0) is 9.47 Å². The Morgan fingerprint density at radius 1 is 1.30 bits per heavy atom. The third kappa shape index (κ3) is 2.30. The maximum absolute atomic E-state index is 14.3. The summed E-state index contributed by atoms with van der Waals surface area (Å²) >= 11 is 1.16. The van der Waals surface area contributed by atoms with E-state index in [0.29, 0.717) is 19.8 Å². The van der Waals surface area contributed by atoms with E-state index >= 15 is 0 Å². The Labute approximate surface area is 133 Å². The standard InChI is InChI=1S/C14H12F2N2O4S/c1-6-5-18(14(19)23-6)12-8-4-7(13-20-2-3-21-13)9(15)10(16)11(8)22-17-12/h4,6,13H,2-3,5H2,1H3. The summed E-state index contributed by atoms with van der Waals surface area (Å²) in [5.41, 5.74) is -0.388. The number of halogens is 2. The first-order chi connectivity index (χ1) is 11.1. The number of ether oxygens (including phenoxy) is 2. The van der Waals surface area contributed by atoms with E-state index in [2.05, 4.69) is 5.16 Å². The van der Waals surface area contributed by atoms with Gasteiger partial charge in [0.25, 0.3) is 5.24 Å². The number of benzene rings is 1. The summed E-state index contributed by atoms with van der Waals surface area (Å²) < 4.78 is 43.9. The van der Waals surface area contributed by atoms with E-state index in [1.54, 1.807) is 0 Å². The highest BCUT2D eigenvalue weighted by atomic mass is 32.2. The van der Waals surface area contributed by atoms with Crippen molar-refractivity contribution in [3.8, 4) is 0 Å². The molecule has 3 heterocycles. The number of hydrogen-bond donors (Lipinski definition) is 0. The van der Waals surface area contributed by atoms with Gasteiger partial charge in [-0.1, -0.05) is 23.8 Å². The number of carbonyl (C=O) groups is 1. The Kier molecular flexibility index (Phi) is 3.51. The molecule has 0 saturated carbocycles. The molecule has 1 amide bonds. The molecule has 1 unspecified atom stereocenters. The molecule has 2 fully saturated rings. The SMILES string of the molecule is CC1CN(c2noc3c(F)c(F)c(C4OCCO4)cc23)C(=O)S1. The van der Waals surface area contributed by atoms with Gasteiger partial charge in [-0.2, -0.15) is 4.39 Å². The van der Waals surface area contributed by atoms with Gasteiger partial charge in [-0.3, -0.25) is 9.69 Å². The molecule has 1 aromatic heterocycles. The molecule has 6 nitrogen and oxygen atoms in total. The molecule has 9 heteroatoms. The number of thioether (sulfide) groups is 1. The third-order valence-electron chi connectivity index (χ3n) is 3.75. The van der Waals surface area contributed by atoms with Crippen LogP contribution in [0.2, 0.25) is 0 Å². The van der Waals surface area contributed by atoms with Crippen molar-refractivity contribution in [3.05, 3.63) is 23.3 Å². The predicted molar refractivity (Wildman–Crippen MR) is 78.4 cm³/mol. The lowest BCUT2D eigenvalue weighted by molar-refractivity contribution is -0.0467. The summed E-state index contributed by atoms with van der Waals surface area (Å²) in [6, 6.07) is 1.37. The first-order valence-electron chi connectivity index (χ1n) is 7.05. The smallest absolute Gasteiger partial charge is 0.287 e. The molecule has 4 rings (SSSR count). The second-order valence-corrected chi connectivity index (χ2v) is 6.74. The molecule has 2 aromatic rings. The number of nitrogens with zero attached hydrogens (tertiary/aromatic N) is 2. The van der Waals surface area contributed by atoms with E-state index in [-0.39, 0.29) is 32.8 Å². The average Bonchev–Trinajstić information content (AvgIpc) is 3.22. The normalized spacial score (nSPS) is 22.7. The molecule has 2 aliphatic heterocycles. The number of fused-ring (bicyclic) bond motifs is 1. The lowest BCUT2D eigenvalue weighted by atomic mass is 10.1. The van der Waals surface area contributed by atoms with Crippen LogP contribution in [0.5, 0.6) is 0 Å². The van der Waals surface area contributed by atoms with Crippen LogP contribution in [0.3, 0.4) is 0 Å². The monoisotopic (exact) mass is 342 g/mol. The van der Waals surface area contributed by atoms with E-state index in [1.807, 2.05) is 6.92 Å². The lowest BCUT2D eigenvalue weighted by Gasteiger charge is -2.13. The minimum Gasteiger partial charge on any atom is -0.351 e.